The van der Waals surface area contributed by atoms with Crippen LogP contribution in [-0.4, -0.2) is 12.4 Å². The highest BCUT2D eigenvalue weighted by molar-refractivity contribution is 5.96. The second kappa shape index (κ2) is 14.9. The third-order valence-corrected chi connectivity index (χ3v) is 5.76. The first-order valence-corrected chi connectivity index (χ1v) is 11.3. The lowest BCUT2D eigenvalue weighted by molar-refractivity contribution is 0.0819. The standard InChI is InChI=1S/C25H42O2/c1-5-9-11-21(7-3)15-18-25(26)24-16-13-23(14-17-24)20-27-19-22(8-4)12-10-6-2/h13-14,16-17,21-22H,5-12,15,18-20H2,1-4H3. The fourth-order valence-electron chi connectivity index (χ4n) is 3.55. The first kappa shape index (κ1) is 23.9. The highest BCUT2D eigenvalue weighted by Gasteiger charge is 2.11. The van der Waals surface area contributed by atoms with Gasteiger partial charge in [-0.05, 0) is 30.2 Å². The van der Waals surface area contributed by atoms with Crippen molar-refractivity contribution in [3.8, 4) is 0 Å². The molecule has 0 aliphatic rings. The summed E-state index contributed by atoms with van der Waals surface area (Å²) in [6, 6.07) is 8.05. The summed E-state index contributed by atoms with van der Waals surface area (Å²) in [6.45, 7) is 10.4. The lowest BCUT2D eigenvalue weighted by atomic mass is 9.92. The van der Waals surface area contributed by atoms with E-state index in [2.05, 4.69) is 39.8 Å². The van der Waals surface area contributed by atoms with Crippen LogP contribution in [0.2, 0.25) is 0 Å². The van der Waals surface area contributed by atoms with Crippen molar-refractivity contribution in [3.63, 3.8) is 0 Å². The van der Waals surface area contributed by atoms with Crippen molar-refractivity contribution in [2.45, 2.75) is 98.5 Å². The van der Waals surface area contributed by atoms with Crippen LogP contribution in [0, 0.1) is 11.8 Å². The quantitative estimate of drug-likeness (QED) is 0.278. The predicted octanol–water partition coefficient (Wildman–Crippen LogP) is 7.60. The summed E-state index contributed by atoms with van der Waals surface area (Å²) < 4.78 is 5.92. The second-order valence-electron chi connectivity index (χ2n) is 8.01. The number of hydrogen-bond acceptors (Lipinski definition) is 2. The molecule has 154 valence electrons. The number of ether oxygens (including phenoxy) is 1. The van der Waals surface area contributed by atoms with Gasteiger partial charge >= 0.3 is 0 Å². The number of carbonyl (C=O) groups is 1. The van der Waals surface area contributed by atoms with Gasteiger partial charge in [-0.3, -0.25) is 4.79 Å². The van der Waals surface area contributed by atoms with Gasteiger partial charge in [-0.25, -0.2) is 0 Å². The van der Waals surface area contributed by atoms with E-state index < -0.39 is 0 Å². The zero-order valence-electron chi connectivity index (χ0n) is 18.3. The van der Waals surface area contributed by atoms with Crippen LogP contribution >= 0.6 is 0 Å². The fraction of sp³-hybridized carbons (Fsp3) is 0.720. The summed E-state index contributed by atoms with van der Waals surface area (Å²) in [5.74, 6) is 1.65. The molecule has 0 aromatic heterocycles. The number of hydrogen-bond donors (Lipinski definition) is 0. The van der Waals surface area contributed by atoms with E-state index in [1.54, 1.807) is 0 Å². The molecule has 0 aliphatic heterocycles. The van der Waals surface area contributed by atoms with Crippen LogP contribution in [0.1, 0.15) is 108 Å². The molecule has 0 saturated carbocycles. The lowest BCUT2D eigenvalue weighted by Crippen LogP contribution is -2.09. The van der Waals surface area contributed by atoms with E-state index in [-0.39, 0.29) is 5.78 Å². The third kappa shape index (κ3) is 10.1. The second-order valence-corrected chi connectivity index (χ2v) is 8.01. The van der Waals surface area contributed by atoms with Gasteiger partial charge < -0.3 is 4.74 Å². The Bertz CT molecular complexity index is 492. The van der Waals surface area contributed by atoms with Crippen LogP contribution in [0.5, 0.6) is 0 Å². The minimum atomic E-state index is 0.281. The number of benzene rings is 1. The molecule has 0 bridgehead atoms. The minimum absolute atomic E-state index is 0.281. The Morgan fingerprint density at radius 1 is 0.852 bits per heavy atom. The Labute approximate surface area is 168 Å². The molecular formula is C25H42O2. The van der Waals surface area contributed by atoms with Crippen LogP contribution in [-0.2, 0) is 11.3 Å². The van der Waals surface area contributed by atoms with Crippen LogP contribution in [0.3, 0.4) is 0 Å². The summed E-state index contributed by atoms with van der Waals surface area (Å²) in [6.07, 6.45) is 11.6. The van der Waals surface area contributed by atoms with Crippen LogP contribution in [0.15, 0.2) is 24.3 Å². The minimum Gasteiger partial charge on any atom is -0.376 e. The van der Waals surface area contributed by atoms with Gasteiger partial charge in [0.2, 0.25) is 0 Å². The normalized spacial score (nSPS) is 13.5. The van der Waals surface area contributed by atoms with Gasteiger partial charge in [-0.15, -0.1) is 0 Å². The van der Waals surface area contributed by atoms with Gasteiger partial charge in [0, 0.05) is 18.6 Å². The topological polar surface area (TPSA) is 26.3 Å². The first-order valence-electron chi connectivity index (χ1n) is 11.3. The smallest absolute Gasteiger partial charge is 0.162 e. The molecule has 0 aliphatic carbocycles. The van der Waals surface area contributed by atoms with Crippen LogP contribution < -0.4 is 0 Å². The van der Waals surface area contributed by atoms with Crippen molar-refractivity contribution in [1.82, 2.24) is 0 Å². The van der Waals surface area contributed by atoms with E-state index in [9.17, 15) is 4.79 Å². The van der Waals surface area contributed by atoms with E-state index in [4.69, 9.17) is 4.74 Å². The molecule has 0 fully saturated rings. The van der Waals surface area contributed by atoms with Gasteiger partial charge in [0.25, 0.3) is 0 Å². The van der Waals surface area contributed by atoms with Crippen molar-refractivity contribution in [2.24, 2.45) is 11.8 Å². The van der Waals surface area contributed by atoms with E-state index >= 15 is 0 Å². The summed E-state index contributed by atoms with van der Waals surface area (Å²) in [4.78, 5) is 12.5. The van der Waals surface area contributed by atoms with E-state index in [0.29, 0.717) is 24.9 Å². The molecule has 2 unspecified atom stereocenters. The molecule has 0 amide bonds. The van der Waals surface area contributed by atoms with Crippen molar-refractivity contribution < 1.29 is 9.53 Å². The van der Waals surface area contributed by atoms with Crippen LogP contribution in [0.25, 0.3) is 0 Å². The number of unbranched alkanes of at least 4 members (excludes halogenated alkanes) is 2. The molecule has 0 saturated heterocycles. The summed E-state index contributed by atoms with van der Waals surface area (Å²) in [5.41, 5.74) is 2.00. The van der Waals surface area contributed by atoms with E-state index in [0.717, 1.165) is 24.2 Å². The summed E-state index contributed by atoms with van der Waals surface area (Å²) in [5, 5.41) is 0. The Hall–Kier alpha value is -1.15. The zero-order valence-corrected chi connectivity index (χ0v) is 18.3. The molecule has 0 radical (unpaired) electrons. The van der Waals surface area contributed by atoms with Gasteiger partial charge in [-0.1, -0.05) is 96.9 Å². The molecule has 2 heteroatoms. The average molecular weight is 375 g/mol. The summed E-state index contributed by atoms with van der Waals surface area (Å²) in [7, 11) is 0. The Morgan fingerprint density at radius 3 is 2.00 bits per heavy atom. The number of ketones is 1. The van der Waals surface area contributed by atoms with E-state index in [1.165, 1.54) is 51.4 Å². The van der Waals surface area contributed by atoms with Crippen LogP contribution in [0.4, 0.5) is 0 Å². The molecule has 1 rings (SSSR count). The average Bonchev–Trinajstić information content (AvgIpc) is 2.71. The van der Waals surface area contributed by atoms with Gasteiger partial charge in [0.15, 0.2) is 5.78 Å². The van der Waals surface area contributed by atoms with Crippen molar-refractivity contribution >= 4 is 5.78 Å². The molecular weight excluding hydrogens is 332 g/mol. The van der Waals surface area contributed by atoms with Crippen molar-refractivity contribution in [2.75, 3.05) is 6.61 Å². The largest absolute Gasteiger partial charge is 0.376 e. The molecule has 0 spiro atoms. The number of carbonyl (C=O) groups excluding carboxylic acids is 1. The summed E-state index contributed by atoms with van der Waals surface area (Å²) >= 11 is 0. The van der Waals surface area contributed by atoms with Crippen molar-refractivity contribution in [3.05, 3.63) is 35.4 Å². The van der Waals surface area contributed by atoms with Gasteiger partial charge in [-0.2, -0.15) is 0 Å². The number of rotatable bonds is 16. The highest BCUT2D eigenvalue weighted by Crippen LogP contribution is 2.20. The maximum absolute atomic E-state index is 12.5. The monoisotopic (exact) mass is 374 g/mol. The molecule has 2 atom stereocenters. The van der Waals surface area contributed by atoms with Gasteiger partial charge in [0.1, 0.15) is 0 Å². The molecule has 1 aromatic rings. The molecule has 2 nitrogen and oxygen atoms in total. The van der Waals surface area contributed by atoms with Gasteiger partial charge in [0.05, 0.1) is 6.61 Å². The lowest BCUT2D eigenvalue weighted by Gasteiger charge is -2.15. The molecule has 0 heterocycles. The Kier molecular flexibility index (Phi) is 13.1. The van der Waals surface area contributed by atoms with Crippen molar-refractivity contribution in [1.29, 1.82) is 0 Å². The zero-order chi connectivity index (χ0) is 19.9. The SMILES string of the molecule is CCCCC(CC)CCC(=O)c1ccc(COCC(CC)CCCC)cc1. The molecule has 0 N–H and O–H groups in total. The highest BCUT2D eigenvalue weighted by atomic mass is 16.5. The Morgan fingerprint density at radius 2 is 1.44 bits per heavy atom. The maximum atomic E-state index is 12.5. The fourth-order valence-corrected chi connectivity index (χ4v) is 3.55. The first-order chi connectivity index (χ1) is 13.1. The third-order valence-electron chi connectivity index (χ3n) is 5.76. The van der Waals surface area contributed by atoms with E-state index in [1.807, 2.05) is 12.1 Å². The molecule has 1 aromatic carbocycles. The predicted molar refractivity (Wildman–Crippen MR) is 116 cm³/mol. The molecule has 27 heavy (non-hydrogen) atoms. The number of Topliss-reactive ketones (excluding diaryl/α,β-unsaturated/α-hetero) is 1. The Balaban J connectivity index is 2.38. The maximum Gasteiger partial charge on any atom is 0.162 e.